The highest BCUT2D eigenvalue weighted by Crippen LogP contribution is 2.30. The summed E-state index contributed by atoms with van der Waals surface area (Å²) in [6.45, 7) is 2.54. The van der Waals surface area contributed by atoms with Crippen LogP contribution in [0.3, 0.4) is 0 Å². The number of para-hydroxylation sites is 5. The number of rotatable bonds is 7. The van der Waals surface area contributed by atoms with Crippen LogP contribution in [0.15, 0.2) is 83.3 Å². The molecule has 0 bridgehead atoms. The van der Waals surface area contributed by atoms with E-state index in [0.717, 1.165) is 48.7 Å². The molecule has 2 heterocycles. The van der Waals surface area contributed by atoms with Crippen LogP contribution in [0.25, 0.3) is 11.1 Å². The van der Waals surface area contributed by atoms with Gasteiger partial charge in [0.25, 0.3) is 0 Å². The standard InChI is InChI=1S/C27H27N3O3/c31-26(28-22-12-4-6-14-24(22)32-21-10-2-1-3-11-21)16-18-30-17-8-9-20(19-30)27-29-23-13-5-7-15-25(23)33-27/h1-7,10-15,20H,8-9,16-19H2,(H,28,31). The zero-order valence-electron chi connectivity index (χ0n) is 18.4. The van der Waals surface area contributed by atoms with Crippen molar-refractivity contribution < 1.29 is 13.9 Å². The van der Waals surface area contributed by atoms with Gasteiger partial charge in [-0.15, -0.1) is 0 Å². The van der Waals surface area contributed by atoms with E-state index in [2.05, 4.69) is 15.2 Å². The van der Waals surface area contributed by atoms with Gasteiger partial charge in [0.1, 0.15) is 11.3 Å². The van der Waals surface area contributed by atoms with Crippen molar-refractivity contribution in [3.63, 3.8) is 0 Å². The van der Waals surface area contributed by atoms with Gasteiger partial charge in [-0.05, 0) is 55.8 Å². The normalized spacial score (nSPS) is 16.5. The molecule has 1 aliphatic heterocycles. The van der Waals surface area contributed by atoms with Crippen LogP contribution in [0.1, 0.15) is 31.1 Å². The second kappa shape index (κ2) is 9.88. The van der Waals surface area contributed by atoms with E-state index in [1.165, 1.54) is 0 Å². The van der Waals surface area contributed by atoms with E-state index >= 15 is 0 Å². The zero-order chi connectivity index (χ0) is 22.5. The van der Waals surface area contributed by atoms with E-state index in [-0.39, 0.29) is 11.8 Å². The molecule has 4 aromatic rings. The maximum Gasteiger partial charge on any atom is 0.225 e. The SMILES string of the molecule is O=C(CCN1CCCC(c2nc3ccccc3o2)C1)Nc1ccccc1Oc1ccccc1. The molecule has 6 nitrogen and oxygen atoms in total. The molecule has 1 atom stereocenters. The van der Waals surface area contributed by atoms with Crippen LogP contribution in [0.4, 0.5) is 5.69 Å². The quantitative estimate of drug-likeness (QED) is 0.391. The molecule has 1 amide bonds. The van der Waals surface area contributed by atoms with Crippen molar-refractivity contribution in [1.82, 2.24) is 9.88 Å². The fourth-order valence-electron chi connectivity index (χ4n) is 4.27. The summed E-state index contributed by atoms with van der Waals surface area (Å²) in [6, 6.07) is 24.9. The first-order valence-electron chi connectivity index (χ1n) is 11.4. The predicted molar refractivity (Wildman–Crippen MR) is 129 cm³/mol. The van der Waals surface area contributed by atoms with Crippen molar-refractivity contribution in [2.24, 2.45) is 0 Å². The minimum Gasteiger partial charge on any atom is -0.455 e. The smallest absolute Gasteiger partial charge is 0.225 e. The van der Waals surface area contributed by atoms with Gasteiger partial charge >= 0.3 is 0 Å². The van der Waals surface area contributed by atoms with Crippen LogP contribution in [-0.4, -0.2) is 35.4 Å². The summed E-state index contributed by atoms with van der Waals surface area (Å²) in [5.41, 5.74) is 2.41. The van der Waals surface area contributed by atoms with E-state index < -0.39 is 0 Å². The monoisotopic (exact) mass is 441 g/mol. The molecule has 1 unspecified atom stereocenters. The Labute approximate surface area is 193 Å². The number of fused-ring (bicyclic) bond motifs is 1. The molecule has 0 aliphatic carbocycles. The van der Waals surface area contributed by atoms with Gasteiger partial charge in [-0.3, -0.25) is 4.79 Å². The molecule has 33 heavy (non-hydrogen) atoms. The number of ether oxygens (including phenoxy) is 1. The van der Waals surface area contributed by atoms with Gasteiger partial charge in [0.2, 0.25) is 5.91 Å². The number of likely N-dealkylation sites (tertiary alicyclic amines) is 1. The Balaban J connectivity index is 1.17. The zero-order valence-corrected chi connectivity index (χ0v) is 18.4. The summed E-state index contributed by atoms with van der Waals surface area (Å²) in [5.74, 6) is 2.40. The Kier molecular flexibility index (Phi) is 6.35. The summed E-state index contributed by atoms with van der Waals surface area (Å²) >= 11 is 0. The van der Waals surface area contributed by atoms with Crippen LogP contribution in [0.5, 0.6) is 11.5 Å². The number of carbonyl (C=O) groups excluding carboxylic acids is 1. The molecule has 1 N–H and O–H groups in total. The first kappa shape index (κ1) is 21.2. The number of nitrogens with one attached hydrogen (secondary N) is 1. The molecule has 1 aliphatic rings. The second-order valence-corrected chi connectivity index (χ2v) is 8.37. The first-order valence-corrected chi connectivity index (χ1v) is 11.4. The van der Waals surface area contributed by atoms with Gasteiger partial charge in [-0.25, -0.2) is 4.98 Å². The van der Waals surface area contributed by atoms with Gasteiger partial charge in [0, 0.05) is 25.4 Å². The third-order valence-corrected chi connectivity index (χ3v) is 5.95. The molecule has 1 saturated heterocycles. The molecule has 1 aromatic heterocycles. The fraction of sp³-hybridized carbons (Fsp3) is 0.259. The maximum atomic E-state index is 12.7. The van der Waals surface area contributed by atoms with Crippen molar-refractivity contribution >= 4 is 22.7 Å². The van der Waals surface area contributed by atoms with Gasteiger partial charge < -0.3 is 19.4 Å². The highest BCUT2D eigenvalue weighted by atomic mass is 16.5. The largest absolute Gasteiger partial charge is 0.455 e. The molecule has 168 valence electrons. The number of oxazole rings is 1. The first-order chi connectivity index (χ1) is 16.2. The number of hydrogen-bond acceptors (Lipinski definition) is 5. The summed E-state index contributed by atoms with van der Waals surface area (Å²) < 4.78 is 11.9. The highest BCUT2D eigenvalue weighted by Gasteiger charge is 2.25. The van der Waals surface area contributed by atoms with Gasteiger partial charge in [-0.2, -0.15) is 0 Å². The van der Waals surface area contributed by atoms with Crippen LogP contribution in [-0.2, 0) is 4.79 Å². The van der Waals surface area contributed by atoms with Crippen molar-refractivity contribution in [1.29, 1.82) is 0 Å². The van der Waals surface area contributed by atoms with Crippen molar-refractivity contribution in [2.75, 3.05) is 25.0 Å². The molecule has 5 rings (SSSR count). The van der Waals surface area contributed by atoms with Crippen molar-refractivity contribution in [2.45, 2.75) is 25.2 Å². The van der Waals surface area contributed by atoms with E-state index in [1.54, 1.807) is 0 Å². The predicted octanol–water partition coefficient (Wildman–Crippen LogP) is 5.83. The van der Waals surface area contributed by atoms with Crippen molar-refractivity contribution in [3.05, 3.63) is 84.8 Å². The van der Waals surface area contributed by atoms with Gasteiger partial charge in [-0.1, -0.05) is 42.5 Å². The number of aromatic nitrogens is 1. The molecular weight excluding hydrogens is 414 g/mol. The highest BCUT2D eigenvalue weighted by molar-refractivity contribution is 5.92. The summed E-state index contributed by atoms with van der Waals surface area (Å²) in [4.78, 5) is 19.7. The Hall–Kier alpha value is -3.64. The second-order valence-electron chi connectivity index (χ2n) is 8.37. The van der Waals surface area contributed by atoms with Crippen LogP contribution in [0.2, 0.25) is 0 Å². The van der Waals surface area contributed by atoms with E-state index in [9.17, 15) is 4.79 Å². The molecule has 0 saturated carbocycles. The molecule has 3 aromatic carbocycles. The molecular formula is C27H27N3O3. The summed E-state index contributed by atoms with van der Waals surface area (Å²) in [6.07, 6.45) is 2.54. The Morgan fingerprint density at radius 1 is 1.03 bits per heavy atom. The molecule has 0 spiro atoms. The maximum absolute atomic E-state index is 12.7. The van der Waals surface area contributed by atoms with E-state index in [4.69, 9.17) is 9.15 Å². The minimum atomic E-state index is -0.0249. The number of anilines is 1. The average molecular weight is 442 g/mol. The lowest BCUT2D eigenvalue weighted by Gasteiger charge is -2.30. The Bertz CT molecular complexity index is 1190. The molecule has 6 heteroatoms. The minimum absolute atomic E-state index is 0.0249. The van der Waals surface area contributed by atoms with Crippen LogP contribution in [0, 0.1) is 0 Å². The average Bonchev–Trinajstić information content (AvgIpc) is 3.29. The Morgan fingerprint density at radius 3 is 2.70 bits per heavy atom. The van der Waals surface area contributed by atoms with Crippen molar-refractivity contribution in [3.8, 4) is 11.5 Å². The van der Waals surface area contributed by atoms with Crippen LogP contribution < -0.4 is 10.1 Å². The number of hydrogen-bond donors (Lipinski definition) is 1. The lowest BCUT2D eigenvalue weighted by molar-refractivity contribution is -0.116. The van der Waals surface area contributed by atoms with Gasteiger partial charge in [0.15, 0.2) is 17.2 Å². The number of carbonyl (C=O) groups is 1. The molecule has 1 fully saturated rings. The van der Waals surface area contributed by atoms with Gasteiger partial charge in [0.05, 0.1) is 5.69 Å². The van der Waals surface area contributed by atoms with E-state index in [0.29, 0.717) is 24.4 Å². The summed E-state index contributed by atoms with van der Waals surface area (Å²) in [7, 11) is 0. The molecule has 0 radical (unpaired) electrons. The lowest BCUT2D eigenvalue weighted by atomic mass is 9.98. The Morgan fingerprint density at radius 2 is 1.82 bits per heavy atom. The fourth-order valence-corrected chi connectivity index (χ4v) is 4.27. The third-order valence-electron chi connectivity index (χ3n) is 5.95. The topological polar surface area (TPSA) is 67.6 Å². The number of benzene rings is 3. The number of nitrogens with zero attached hydrogens (tertiary/aromatic N) is 2. The number of amides is 1. The van der Waals surface area contributed by atoms with E-state index in [1.807, 2.05) is 78.9 Å². The third kappa shape index (κ3) is 5.23. The lowest BCUT2D eigenvalue weighted by Crippen LogP contribution is -2.36. The summed E-state index contributed by atoms with van der Waals surface area (Å²) in [5, 5.41) is 3.01. The van der Waals surface area contributed by atoms with Crippen LogP contribution >= 0.6 is 0 Å². The number of piperidine rings is 1.